The van der Waals surface area contributed by atoms with E-state index < -0.39 is 0 Å². The number of fused-ring (bicyclic) bond motifs is 1. The molecule has 0 aromatic carbocycles. The van der Waals surface area contributed by atoms with Gasteiger partial charge in [0.05, 0.1) is 0 Å². The van der Waals surface area contributed by atoms with Crippen molar-refractivity contribution in [1.29, 1.82) is 0 Å². The van der Waals surface area contributed by atoms with Crippen LogP contribution in [-0.4, -0.2) is 17.6 Å². The van der Waals surface area contributed by atoms with E-state index in [1.54, 1.807) is 0 Å². The molecule has 3 rings (SSSR count). The molecule has 1 atom stereocenters. The van der Waals surface area contributed by atoms with Crippen molar-refractivity contribution in [2.24, 2.45) is 5.73 Å². The summed E-state index contributed by atoms with van der Waals surface area (Å²) in [4.78, 5) is 7.56. The minimum Gasteiger partial charge on any atom is -0.354 e. The summed E-state index contributed by atoms with van der Waals surface area (Å²) in [6.07, 6.45) is 10.2. The molecular formula is C17H27N3. The third kappa shape index (κ3) is 2.69. The van der Waals surface area contributed by atoms with Crippen LogP contribution in [0, 0.1) is 0 Å². The van der Waals surface area contributed by atoms with Crippen molar-refractivity contribution in [1.82, 2.24) is 4.98 Å². The summed E-state index contributed by atoms with van der Waals surface area (Å²) < 4.78 is 0. The molecule has 110 valence electrons. The second-order valence-electron chi connectivity index (χ2n) is 6.38. The van der Waals surface area contributed by atoms with Crippen molar-refractivity contribution >= 4 is 5.82 Å². The number of aryl methyl sites for hydroxylation is 2. The van der Waals surface area contributed by atoms with Crippen LogP contribution in [0.4, 0.5) is 5.82 Å². The van der Waals surface area contributed by atoms with Gasteiger partial charge in [-0.3, -0.25) is 0 Å². The lowest BCUT2D eigenvalue weighted by Gasteiger charge is -2.31. The average molecular weight is 273 g/mol. The van der Waals surface area contributed by atoms with Crippen molar-refractivity contribution in [3.05, 3.63) is 22.9 Å². The zero-order valence-electron chi connectivity index (χ0n) is 12.7. The third-order valence-corrected chi connectivity index (χ3v) is 4.90. The minimum absolute atomic E-state index is 0.594. The number of rotatable bonds is 2. The van der Waals surface area contributed by atoms with Crippen LogP contribution in [0.25, 0.3) is 0 Å². The molecule has 20 heavy (non-hydrogen) atoms. The third-order valence-electron chi connectivity index (χ3n) is 4.90. The average Bonchev–Trinajstić information content (AvgIpc) is 2.70. The van der Waals surface area contributed by atoms with E-state index in [2.05, 4.69) is 17.9 Å². The first-order chi connectivity index (χ1) is 9.79. The predicted octanol–water partition coefficient (Wildman–Crippen LogP) is 3.19. The van der Waals surface area contributed by atoms with Gasteiger partial charge in [0.25, 0.3) is 0 Å². The lowest BCUT2D eigenvalue weighted by atomic mass is 9.94. The fourth-order valence-electron chi connectivity index (χ4n) is 3.66. The first-order valence-electron chi connectivity index (χ1n) is 8.28. The number of hydrogen-bond acceptors (Lipinski definition) is 3. The Morgan fingerprint density at radius 2 is 2.05 bits per heavy atom. The van der Waals surface area contributed by atoms with Gasteiger partial charge in [-0.25, -0.2) is 4.98 Å². The monoisotopic (exact) mass is 273 g/mol. The van der Waals surface area contributed by atoms with Crippen molar-refractivity contribution in [2.45, 2.75) is 70.9 Å². The summed E-state index contributed by atoms with van der Waals surface area (Å²) in [7, 11) is 0. The molecule has 1 aromatic heterocycles. The smallest absolute Gasteiger partial charge is 0.133 e. The summed E-state index contributed by atoms with van der Waals surface area (Å²) in [5.41, 5.74) is 10.0. The van der Waals surface area contributed by atoms with Crippen molar-refractivity contribution in [3.63, 3.8) is 0 Å². The van der Waals surface area contributed by atoms with Gasteiger partial charge >= 0.3 is 0 Å². The van der Waals surface area contributed by atoms with Gasteiger partial charge in [0.15, 0.2) is 0 Å². The molecule has 2 heterocycles. The maximum absolute atomic E-state index is 6.01. The van der Waals surface area contributed by atoms with E-state index in [-0.39, 0.29) is 0 Å². The van der Waals surface area contributed by atoms with E-state index in [0.29, 0.717) is 12.6 Å². The fraction of sp³-hybridized carbons (Fsp3) is 0.706. The minimum atomic E-state index is 0.594. The molecule has 3 heteroatoms. The van der Waals surface area contributed by atoms with Gasteiger partial charge in [0.2, 0.25) is 0 Å². The zero-order valence-corrected chi connectivity index (χ0v) is 12.7. The van der Waals surface area contributed by atoms with Gasteiger partial charge in [-0.2, -0.15) is 0 Å². The number of aromatic nitrogens is 1. The van der Waals surface area contributed by atoms with Crippen molar-refractivity contribution < 1.29 is 0 Å². The van der Waals surface area contributed by atoms with Gasteiger partial charge < -0.3 is 10.6 Å². The Labute approximate surface area is 122 Å². The Hall–Kier alpha value is -1.09. The van der Waals surface area contributed by atoms with Crippen LogP contribution < -0.4 is 10.6 Å². The standard InChI is InChI=1S/C17H27N3/c1-13-7-3-2-6-10-20(13)17-15(12-18)11-14-8-4-5-9-16(14)19-17/h11,13H,2-10,12,18H2,1H3. The van der Waals surface area contributed by atoms with E-state index in [4.69, 9.17) is 10.7 Å². The molecule has 1 saturated heterocycles. The molecule has 0 amide bonds. The number of anilines is 1. The summed E-state index contributed by atoms with van der Waals surface area (Å²) in [6.45, 7) is 4.09. The fourth-order valence-corrected chi connectivity index (χ4v) is 3.66. The maximum Gasteiger partial charge on any atom is 0.133 e. The molecule has 1 fully saturated rings. The van der Waals surface area contributed by atoms with Gasteiger partial charge in [-0.05, 0) is 57.1 Å². The highest BCUT2D eigenvalue weighted by atomic mass is 15.2. The summed E-state index contributed by atoms with van der Waals surface area (Å²) in [5, 5.41) is 0. The van der Waals surface area contributed by atoms with Crippen LogP contribution >= 0.6 is 0 Å². The second kappa shape index (κ2) is 6.13. The van der Waals surface area contributed by atoms with Gasteiger partial charge in [0.1, 0.15) is 5.82 Å². The lowest BCUT2D eigenvalue weighted by Crippen LogP contribution is -2.34. The topological polar surface area (TPSA) is 42.2 Å². The van der Waals surface area contributed by atoms with Crippen molar-refractivity contribution in [3.8, 4) is 0 Å². The van der Waals surface area contributed by atoms with E-state index in [1.807, 2.05) is 0 Å². The SMILES string of the molecule is CC1CCCCCN1c1nc2c(cc1CN)CCCC2. The Morgan fingerprint density at radius 1 is 1.20 bits per heavy atom. The maximum atomic E-state index is 6.01. The molecule has 0 radical (unpaired) electrons. The van der Waals surface area contributed by atoms with Gasteiger partial charge in [-0.1, -0.05) is 12.8 Å². The second-order valence-corrected chi connectivity index (χ2v) is 6.38. The molecule has 1 unspecified atom stereocenters. The largest absolute Gasteiger partial charge is 0.354 e. The molecule has 2 N–H and O–H groups in total. The summed E-state index contributed by atoms with van der Waals surface area (Å²) in [6, 6.07) is 2.94. The molecule has 0 saturated carbocycles. The van der Waals surface area contributed by atoms with Crippen LogP contribution in [0.5, 0.6) is 0 Å². The first kappa shape index (κ1) is 13.9. The Kier molecular flexibility index (Phi) is 4.25. The Morgan fingerprint density at radius 3 is 2.90 bits per heavy atom. The molecule has 2 aliphatic rings. The van der Waals surface area contributed by atoms with Crippen LogP contribution in [-0.2, 0) is 19.4 Å². The predicted molar refractivity (Wildman–Crippen MR) is 84.0 cm³/mol. The van der Waals surface area contributed by atoms with E-state index in [0.717, 1.165) is 13.0 Å². The summed E-state index contributed by atoms with van der Waals surface area (Å²) >= 11 is 0. The normalized spacial score (nSPS) is 23.3. The molecule has 1 aromatic rings. The number of hydrogen-bond donors (Lipinski definition) is 1. The highest BCUT2D eigenvalue weighted by molar-refractivity contribution is 5.51. The van der Waals surface area contributed by atoms with E-state index in [1.165, 1.54) is 67.6 Å². The van der Waals surface area contributed by atoms with Crippen LogP contribution in [0.3, 0.4) is 0 Å². The molecule has 0 bridgehead atoms. The molecule has 0 spiro atoms. The van der Waals surface area contributed by atoms with Gasteiger partial charge in [0, 0.05) is 30.4 Å². The summed E-state index contributed by atoms with van der Waals surface area (Å²) in [5.74, 6) is 1.18. The van der Waals surface area contributed by atoms with Gasteiger partial charge in [-0.15, -0.1) is 0 Å². The van der Waals surface area contributed by atoms with Crippen LogP contribution in [0.15, 0.2) is 6.07 Å². The molecular weight excluding hydrogens is 246 g/mol. The molecule has 1 aliphatic heterocycles. The number of nitrogens with zero attached hydrogens (tertiary/aromatic N) is 2. The number of pyridine rings is 1. The van der Waals surface area contributed by atoms with E-state index >= 15 is 0 Å². The number of nitrogens with two attached hydrogens (primary N) is 1. The van der Waals surface area contributed by atoms with Crippen LogP contribution in [0.1, 0.15) is 62.3 Å². The Bertz CT molecular complexity index is 470. The molecule has 1 aliphatic carbocycles. The quantitative estimate of drug-likeness (QED) is 0.900. The highest BCUT2D eigenvalue weighted by Crippen LogP contribution is 2.30. The molecule has 3 nitrogen and oxygen atoms in total. The van der Waals surface area contributed by atoms with Crippen molar-refractivity contribution in [2.75, 3.05) is 11.4 Å². The first-order valence-corrected chi connectivity index (χ1v) is 8.28. The zero-order chi connectivity index (χ0) is 13.9. The highest BCUT2D eigenvalue weighted by Gasteiger charge is 2.23. The lowest BCUT2D eigenvalue weighted by molar-refractivity contribution is 0.603. The Balaban J connectivity index is 1.97. The van der Waals surface area contributed by atoms with E-state index in [9.17, 15) is 0 Å². The van der Waals surface area contributed by atoms with Crippen LogP contribution in [0.2, 0.25) is 0 Å².